The van der Waals surface area contributed by atoms with Gasteiger partial charge in [-0.2, -0.15) is 5.10 Å². The predicted molar refractivity (Wildman–Crippen MR) is 136 cm³/mol. The zero-order chi connectivity index (χ0) is 26.3. The van der Waals surface area contributed by atoms with Gasteiger partial charge in [-0.25, -0.2) is 8.78 Å². The number of amides is 2. The third-order valence-electron chi connectivity index (χ3n) is 7.78. The lowest BCUT2D eigenvalue weighted by Gasteiger charge is -2.37. The average Bonchev–Trinajstić information content (AvgIpc) is 3.24. The molecule has 200 valence electrons. The lowest BCUT2D eigenvalue weighted by atomic mass is 9.93. The minimum Gasteiger partial charge on any atom is -0.390 e. The van der Waals surface area contributed by atoms with Crippen LogP contribution in [0.3, 0.4) is 0 Å². The SMILES string of the molecule is Cc1c(Cl)cccc1N1CCN(C(=O)Cn2nc(C(=O)N3CC[C@@H](O)[C@@H](F)C3)c3c2CCC(F)C3)CC1. The number of aliphatic hydroxyl groups is 1. The maximum absolute atomic E-state index is 14.3. The average molecular weight is 536 g/mol. The van der Waals surface area contributed by atoms with Crippen LogP contribution in [0.5, 0.6) is 0 Å². The number of carbonyl (C=O) groups is 2. The summed E-state index contributed by atoms with van der Waals surface area (Å²) in [6, 6.07) is 5.81. The van der Waals surface area contributed by atoms with E-state index in [1.54, 1.807) is 4.90 Å². The highest BCUT2D eigenvalue weighted by molar-refractivity contribution is 6.31. The van der Waals surface area contributed by atoms with E-state index in [1.165, 1.54) is 9.58 Å². The molecule has 5 rings (SSSR count). The molecule has 2 aromatic rings. The number of piperidine rings is 1. The maximum atomic E-state index is 14.3. The molecule has 3 heterocycles. The molecule has 1 aromatic carbocycles. The zero-order valence-electron chi connectivity index (χ0n) is 20.9. The van der Waals surface area contributed by atoms with Crippen molar-refractivity contribution in [1.82, 2.24) is 19.6 Å². The highest BCUT2D eigenvalue weighted by Gasteiger charge is 2.36. The van der Waals surface area contributed by atoms with Crippen LogP contribution in [-0.2, 0) is 24.2 Å². The van der Waals surface area contributed by atoms with Gasteiger partial charge < -0.3 is 19.8 Å². The second-order valence-corrected chi connectivity index (χ2v) is 10.6. The van der Waals surface area contributed by atoms with E-state index >= 15 is 0 Å². The van der Waals surface area contributed by atoms with E-state index in [4.69, 9.17) is 11.6 Å². The van der Waals surface area contributed by atoms with Crippen molar-refractivity contribution in [3.8, 4) is 0 Å². The predicted octanol–water partition coefficient (Wildman–Crippen LogP) is 2.57. The summed E-state index contributed by atoms with van der Waals surface area (Å²) in [5, 5.41) is 14.9. The van der Waals surface area contributed by atoms with Crippen molar-refractivity contribution in [1.29, 1.82) is 0 Å². The molecule has 2 amide bonds. The van der Waals surface area contributed by atoms with Gasteiger partial charge in [-0.1, -0.05) is 17.7 Å². The molecule has 37 heavy (non-hydrogen) atoms. The Morgan fingerprint density at radius 2 is 1.86 bits per heavy atom. The normalized spacial score (nSPS) is 24.2. The molecular weight excluding hydrogens is 504 g/mol. The molecule has 8 nitrogen and oxygen atoms in total. The Balaban J connectivity index is 1.29. The number of piperazine rings is 1. The smallest absolute Gasteiger partial charge is 0.274 e. The molecule has 2 saturated heterocycles. The Hall–Kier alpha value is -2.72. The zero-order valence-corrected chi connectivity index (χ0v) is 21.6. The van der Waals surface area contributed by atoms with Crippen LogP contribution in [-0.4, -0.2) is 94.2 Å². The first-order valence-electron chi connectivity index (χ1n) is 12.8. The summed E-state index contributed by atoms with van der Waals surface area (Å²) in [5.74, 6) is -0.587. The lowest BCUT2D eigenvalue weighted by Crippen LogP contribution is -2.50. The van der Waals surface area contributed by atoms with E-state index in [-0.39, 0.29) is 44.1 Å². The number of rotatable bonds is 4. The van der Waals surface area contributed by atoms with Crippen LogP contribution in [0, 0.1) is 6.92 Å². The number of hydrogen-bond donors (Lipinski definition) is 1. The third-order valence-corrected chi connectivity index (χ3v) is 8.19. The number of aliphatic hydroxyl groups excluding tert-OH is 1. The molecule has 0 spiro atoms. The summed E-state index contributed by atoms with van der Waals surface area (Å²) in [4.78, 5) is 31.8. The highest BCUT2D eigenvalue weighted by atomic mass is 35.5. The quantitative estimate of drug-likeness (QED) is 0.651. The number of fused-ring (bicyclic) bond motifs is 1. The molecule has 0 saturated carbocycles. The molecule has 1 aromatic heterocycles. The number of halogens is 3. The van der Waals surface area contributed by atoms with Gasteiger partial charge in [0.05, 0.1) is 12.6 Å². The third kappa shape index (κ3) is 5.18. The summed E-state index contributed by atoms with van der Waals surface area (Å²) in [5.41, 5.74) is 3.38. The first-order chi connectivity index (χ1) is 17.7. The lowest BCUT2D eigenvalue weighted by molar-refractivity contribution is -0.132. The molecule has 0 radical (unpaired) electrons. The molecule has 0 bridgehead atoms. The first kappa shape index (κ1) is 25.9. The van der Waals surface area contributed by atoms with Crippen LogP contribution in [0.4, 0.5) is 14.5 Å². The van der Waals surface area contributed by atoms with E-state index in [1.807, 2.05) is 25.1 Å². The number of alkyl halides is 2. The topological polar surface area (TPSA) is 81.9 Å². The van der Waals surface area contributed by atoms with Gasteiger partial charge in [-0.15, -0.1) is 0 Å². The van der Waals surface area contributed by atoms with Crippen LogP contribution < -0.4 is 4.90 Å². The van der Waals surface area contributed by atoms with Gasteiger partial charge >= 0.3 is 0 Å². The van der Waals surface area contributed by atoms with Crippen molar-refractivity contribution in [2.45, 2.75) is 57.6 Å². The van der Waals surface area contributed by atoms with E-state index in [9.17, 15) is 23.5 Å². The van der Waals surface area contributed by atoms with Crippen molar-refractivity contribution in [2.75, 3.05) is 44.2 Å². The molecule has 11 heteroatoms. The van der Waals surface area contributed by atoms with Gasteiger partial charge in [-0.3, -0.25) is 14.3 Å². The Labute approximate surface area is 219 Å². The summed E-state index contributed by atoms with van der Waals surface area (Å²) in [7, 11) is 0. The molecule has 1 unspecified atom stereocenters. The summed E-state index contributed by atoms with van der Waals surface area (Å²) < 4.78 is 29.9. The molecule has 1 N–H and O–H groups in total. The molecule has 1 aliphatic carbocycles. The van der Waals surface area contributed by atoms with Gasteiger partial charge in [0.15, 0.2) is 5.69 Å². The van der Waals surface area contributed by atoms with Crippen LogP contribution >= 0.6 is 11.6 Å². The minimum absolute atomic E-state index is 0.0345. The van der Waals surface area contributed by atoms with Crippen molar-refractivity contribution in [2.24, 2.45) is 0 Å². The number of aromatic nitrogens is 2. The maximum Gasteiger partial charge on any atom is 0.274 e. The van der Waals surface area contributed by atoms with E-state index in [2.05, 4.69) is 10.00 Å². The van der Waals surface area contributed by atoms with Gasteiger partial charge in [-0.05, 0) is 43.9 Å². The van der Waals surface area contributed by atoms with E-state index in [0.717, 1.165) is 11.3 Å². The molecule has 2 fully saturated rings. The molecule has 3 atom stereocenters. The standard InChI is InChI=1S/C26H32ClF2N5O3/c1-16-19(27)3-2-4-21(16)31-9-11-32(12-10-31)24(36)15-34-22-6-5-17(28)13-18(22)25(30-34)26(37)33-8-7-23(35)20(29)14-33/h2-4,17,20,23,35H,5-15H2,1H3/t17?,20-,23+/m0/s1. The first-order valence-corrected chi connectivity index (χ1v) is 13.2. The van der Waals surface area contributed by atoms with Gasteiger partial charge in [0.2, 0.25) is 5.91 Å². The fraction of sp³-hybridized carbons (Fsp3) is 0.577. The van der Waals surface area contributed by atoms with Crippen LogP contribution in [0.2, 0.25) is 5.02 Å². The Morgan fingerprint density at radius 1 is 1.11 bits per heavy atom. The van der Waals surface area contributed by atoms with Crippen molar-refractivity contribution < 1.29 is 23.5 Å². The van der Waals surface area contributed by atoms with Crippen LogP contribution in [0.25, 0.3) is 0 Å². The number of likely N-dealkylation sites (tertiary alicyclic amines) is 1. The molecule has 2 aliphatic heterocycles. The highest BCUT2D eigenvalue weighted by Crippen LogP contribution is 2.29. The van der Waals surface area contributed by atoms with E-state index in [0.29, 0.717) is 55.3 Å². The molecule has 3 aliphatic rings. The fourth-order valence-corrected chi connectivity index (χ4v) is 5.71. The number of hydrogen-bond acceptors (Lipinski definition) is 5. The second-order valence-electron chi connectivity index (χ2n) is 10.1. The van der Waals surface area contributed by atoms with Gasteiger partial charge in [0, 0.05) is 61.1 Å². The van der Waals surface area contributed by atoms with Crippen molar-refractivity contribution >= 4 is 29.1 Å². The molecular formula is C26H32ClF2N5O3. The minimum atomic E-state index is -1.53. The monoisotopic (exact) mass is 535 g/mol. The summed E-state index contributed by atoms with van der Waals surface area (Å²) in [6.07, 6.45) is -2.82. The van der Waals surface area contributed by atoms with E-state index < -0.39 is 24.4 Å². The number of nitrogens with zero attached hydrogens (tertiary/aromatic N) is 5. The Bertz CT molecular complexity index is 1180. The number of carbonyl (C=O) groups excluding carboxylic acids is 2. The summed E-state index contributed by atoms with van der Waals surface area (Å²) in [6.45, 7) is 4.35. The van der Waals surface area contributed by atoms with Crippen LogP contribution in [0.15, 0.2) is 18.2 Å². The Morgan fingerprint density at radius 3 is 2.59 bits per heavy atom. The number of anilines is 1. The van der Waals surface area contributed by atoms with Crippen molar-refractivity contribution in [3.63, 3.8) is 0 Å². The Kier molecular flexibility index (Phi) is 7.40. The fourth-order valence-electron chi connectivity index (χ4n) is 5.54. The van der Waals surface area contributed by atoms with Gasteiger partial charge in [0.1, 0.15) is 18.9 Å². The summed E-state index contributed by atoms with van der Waals surface area (Å²) >= 11 is 6.28. The van der Waals surface area contributed by atoms with Gasteiger partial charge in [0.25, 0.3) is 5.91 Å². The largest absolute Gasteiger partial charge is 0.390 e. The van der Waals surface area contributed by atoms with Crippen LogP contribution in [0.1, 0.15) is 40.2 Å². The van der Waals surface area contributed by atoms with Crippen molar-refractivity contribution in [3.05, 3.63) is 45.7 Å². The number of benzene rings is 1. The second kappa shape index (κ2) is 10.6.